The smallest absolute Gasteiger partial charge is 0.292 e. The molecule has 10 heteroatoms. The van der Waals surface area contributed by atoms with Crippen LogP contribution in [0.1, 0.15) is 25.0 Å². The summed E-state index contributed by atoms with van der Waals surface area (Å²) in [6.07, 6.45) is 0. The number of carbonyl (C=O) groups is 2. The van der Waals surface area contributed by atoms with Crippen LogP contribution in [-0.4, -0.2) is 50.0 Å². The zero-order valence-electron chi connectivity index (χ0n) is 18.5. The molecular weight excluding hydrogens is 430 g/mol. The van der Waals surface area contributed by atoms with Gasteiger partial charge in [-0.2, -0.15) is 4.31 Å². The molecule has 3 rings (SSSR count). The van der Waals surface area contributed by atoms with E-state index in [-0.39, 0.29) is 23.2 Å². The molecule has 0 atom stereocenters. The Morgan fingerprint density at radius 2 is 1.78 bits per heavy atom. The average molecular weight is 458 g/mol. The van der Waals surface area contributed by atoms with Crippen molar-refractivity contribution in [1.29, 1.82) is 0 Å². The van der Waals surface area contributed by atoms with Gasteiger partial charge in [0, 0.05) is 18.8 Å². The number of rotatable bonds is 7. The van der Waals surface area contributed by atoms with Gasteiger partial charge in [0.25, 0.3) is 11.8 Å². The molecule has 2 amide bonds. The monoisotopic (exact) mass is 457 g/mol. The number of nitrogens with zero attached hydrogens (tertiary/aromatic N) is 3. The lowest BCUT2D eigenvalue weighted by Gasteiger charge is -2.27. The van der Waals surface area contributed by atoms with Crippen LogP contribution in [0.25, 0.3) is 0 Å². The van der Waals surface area contributed by atoms with Gasteiger partial charge in [-0.3, -0.25) is 20.0 Å². The van der Waals surface area contributed by atoms with Gasteiger partial charge in [-0.05, 0) is 43.7 Å². The van der Waals surface area contributed by atoms with Crippen LogP contribution >= 0.6 is 0 Å². The highest BCUT2D eigenvalue weighted by atomic mass is 32.2. The summed E-state index contributed by atoms with van der Waals surface area (Å²) in [6.45, 7) is 7.70. The third-order valence-electron chi connectivity index (χ3n) is 5.12. The first-order valence-corrected chi connectivity index (χ1v) is 11.7. The van der Waals surface area contributed by atoms with Gasteiger partial charge < -0.3 is 5.32 Å². The molecule has 0 unspecified atom stereocenters. The van der Waals surface area contributed by atoms with Crippen molar-refractivity contribution in [1.82, 2.24) is 9.73 Å². The maximum Gasteiger partial charge on any atom is 0.292 e. The number of nitrogens with one attached hydrogen (secondary N) is 2. The Morgan fingerprint density at radius 3 is 2.41 bits per heavy atom. The van der Waals surface area contributed by atoms with Crippen LogP contribution in [0.5, 0.6) is 0 Å². The predicted molar refractivity (Wildman–Crippen MR) is 124 cm³/mol. The molecule has 2 aromatic carbocycles. The van der Waals surface area contributed by atoms with Gasteiger partial charge in [0.05, 0.1) is 10.6 Å². The summed E-state index contributed by atoms with van der Waals surface area (Å²) in [7, 11) is -3.69. The van der Waals surface area contributed by atoms with E-state index in [1.165, 1.54) is 15.4 Å². The zero-order chi connectivity index (χ0) is 23.5. The molecule has 1 heterocycles. The Morgan fingerprint density at radius 1 is 1.12 bits per heavy atom. The van der Waals surface area contributed by atoms with Gasteiger partial charge in [-0.1, -0.05) is 37.6 Å². The number of aryl methyl sites for hydroxylation is 2. The van der Waals surface area contributed by atoms with E-state index in [0.717, 1.165) is 5.56 Å². The molecule has 0 saturated carbocycles. The number of anilines is 2. The van der Waals surface area contributed by atoms with Crippen molar-refractivity contribution in [3.63, 3.8) is 0 Å². The fourth-order valence-electron chi connectivity index (χ4n) is 3.29. The minimum absolute atomic E-state index is 0.0427. The molecule has 0 spiro atoms. The topological polar surface area (TPSA) is 111 Å². The van der Waals surface area contributed by atoms with E-state index < -0.39 is 15.9 Å². The van der Waals surface area contributed by atoms with Crippen LogP contribution in [0.4, 0.5) is 11.4 Å². The summed E-state index contributed by atoms with van der Waals surface area (Å²) >= 11 is 0. The van der Waals surface area contributed by atoms with Gasteiger partial charge in [0.1, 0.15) is 6.54 Å². The van der Waals surface area contributed by atoms with E-state index in [4.69, 9.17) is 0 Å². The Hall–Kier alpha value is -3.24. The number of hydrogen-bond acceptors (Lipinski definition) is 6. The van der Waals surface area contributed by atoms with Crippen molar-refractivity contribution in [2.24, 2.45) is 4.99 Å². The van der Waals surface area contributed by atoms with E-state index in [1.54, 1.807) is 45.0 Å². The van der Waals surface area contributed by atoms with E-state index in [2.05, 4.69) is 15.7 Å². The van der Waals surface area contributed by atoms with E-state index in [9.17, 15) is 18.0 Å². The highest BCUT2D eigenvalue weighted by molar-refractivity contribution is 7.89. The molecule has 32 heavy (non-hydrogen) atoms. The number of sulfonamides is 1. The minimum atomic E-state index is -3.69. The molecule has 2 aromatic rings. The van der Waals surface area contributed by atoms with Gasteiger partial charge in [-0.25, -0.2) is 13.4 Å². The molecule has 0 saturated heterocycles. The third kappa shape index (κ3) is 4.81. The number of carbonyl (C=O) groups excluding carboxylic acids is 2. The van der Waals surface area contributed by atoms with Crippen LogP contribution in [0.2, 0.25) is 0 Å². The molecular formula is C22H27N5O4S. The van der Waals surface area contributed by atoms with E-state index >= 15 is 0 Å². The van der Waals surface area contributed by atoms with Crippen molar-refractivity contribution < 1.29 is 18.0 Å². The van der Waals surface area contributed by atoms with Crippen molar-refractivity contribution in [3.8, 4) is 0 Å². The Balaban J connectivity index is 1.81. The normalized spacial score (nSPS) is 14.2. The Labute approximate surface area is 188 Å². The highest BCUT2D eigenvalue weighted by Crippen LogP contribution is 2.24. The fourth-order valence-corrected chi connectivity index (χ4v) is 5.00. The molecule has 1 aliphatic heterocycles. The number of aliphatic imine (C=N–C) groups is 1. The number of amidine groups is 1. The summed E-state index contributed by atoms with van der Waals surface area (Å²) < 4.78 is 27.3. The van der Waals surface area contributed by atoms with Crippen LogP contribution in [0.15, 0.2) is 52.4 Å². The second-order valence-electron chi connectivity index (χ2n) is 7.37. The molecule has 2 N–H and O–H groups in total. The number of benzene rings is 2. The average Bonchev–Trinajstić information content (AvgIpc) is 2.76. The molecule has 0 radical (unpaired) electrons. The zero-order valence-corrected chi connectivity index (χ0v) is 19.4. The molecule has 170 valence electrons. The maximum atomic E-state index is 12.9. The fraction of sp³-hybridized carbons (Fsp3) is 0.318. The first-order valence-electron chi connectivity index (χ1n) is 10.3. The van der Waals surface area contributed by atoms with Crippen molar-refractivity contribution in [2.45, 2.75) is 32.6 Å². The van der Waals surface area contributed by atoms with Gasteiger partial charge in [0.15, 0.2) is 0 Å². The molecule has 1 aliphatic rings. The molecule has 0 aliphatic carbocycles. The van der Waals surface area contributed by atoms with Crippen LogP contribution in [0, 0.1) is 13.8 Å². The minimum Gasteiger partial charge on any atom is -0.319 e. The molecule has 0 bridgehead atoms. The van der Waals surface area contributed by atoms with E-state index in [1.807, 2.05) is 19.1 Å². The van der Waals surface area contributed by atoms with Crippen molar-refractivity contribution in [3.05, 3.63) is 53.6 Å². The number of hydrazine groups is 1. The van der Waals surface area contributed by atoms with Crippen LogP contribution < -0.4 is 15.8 Å². The molecule has 0 fully saturated rings. The van der Waals surface area contributed by atoms with Gasteiger partial charge in [0.2, 0.25) is 15.9 Å². The summed E-state index contributed by atoms with van der Waals surface area (Å²) in [6, 6.07) is 12.0. The first-order chi connectivity index (χ1) is 15.2. The number of hydrogen-bond donors (Lipinski definition) is 2. The first kappa shape index (κ1) is 23.4. The Kier molecular flexibility index (Phi) is 6.95. The lowest BCUT2D eigenvalue weighted by atomic mass is 10.2. The van der Waals surface area contributed by atoms with Crippen molar-refractivity contribution >= 4 is 39.0 Å². The summed E-state index contributed by atoms with van der Waals surface area (Å²) in [5.74, 6) is -0.920. The summed E-state index contributed by atoms with van der Waals surface area (Å²) in [4.78, 5) is 29.2. The molecule has 9 nitrogen and oxygen atoms in total. The Bertz CT molecular complexity index is 1160. The van der Waals surface area contributed by atoms with Crippen molar-refractivity contribution in [2.75, 3.05) is 30.0 Å². The lowest BCUT2D eigenvalue weighted by Crippen LogP contribution is -2.54. The largest absolute Gasteiger partial charge is 0.319 e. The lowest BCUT2D eigenvalue weighted by molar-refractivity contribution is -0.118. The number of amides is 2. The van der Waals surface area contributed by atoms with Crippen LogP contribution in [0.3, 0.4) is 0 Å². The summed E-state index contributed by atoms with van der Waals surface area (Å²) in [5.41, 5.74) is 5.27. The molecule has 0 aromatic heterocycles. The summed E-state index contributed by atoms with van der Waals surface area (Å²) in [5, 5.41) is 3.94. The standard InChI is InChI=1S/C22H27N5O4S/c1-5-26(6-2)32(30,31)19-13-17(10-9-16(19)4)24-22(29)21-23-14-20(28)27(25-21)18-11-7-15(3)8-12-18/h7-13H,5-6,14H2,1-4H3,(H,23,25)(H,24,29). The van der Waals surface area contributed by atoms with Gasteiger partial charge >= 0.3 is 0 Å². The van der Waals surface area contributed by atoms with Crippen LogP contribution in [-0.2, 0) is 19.6 Å². The quantitative estimate of drug-likeness (QED) is 0.662. The SMILES string of the molecule is CCN(CC)S(=O)(=O)c1cc(NC(=O)C2=NCC(=O)N(c3ccc(C)cc3)N2)ccc1C. The maximum absolute atomic E-state index is 12.9. The second kappa shape index (κ2) is 9.49. The highest BCUT2D eigenvalue weighted by Gasteiger charge is 2.27. The second-order valence-corrected chi connectivity index (χ2v) is 9.27. The van der Waals surface area contributed by atoms with E-state index in [0.29, 0.717) is 30.0 Å². The predicted octanol–water partition coefficient (Wildman–Crippen LogP) is 2.22. The van der Waals surface area contributed by atoms with Gasteiger partial charge in [-0.15, -0.1) is 0 Å². The third-order valence-corrected chi connectivity index (χ3v) is 7.31.